The van der Waals surface area contributed by atoms with Gasteiger partial charge in [-0.25, -0.2) is 8.42 Å². The lowest BCUT2D eigenvalue weighted by atomic mass is 10.1. The molecule has 0 spiro atoms. The van der Waals surface area contributed by atoms with E-state index in [1.165, 1.54) is 0 Å². The Kier molecular flexibility index (Phi) is 4.54. The van der Waals surface area contributed by atoms with Gasteiger partial charge >= 0.3 is 0 Å². The first-order chi connectivity index (χ1) is 7.90. The standard InChI is InChI=1S/C12H20N2O2S/c1-4-11(8-13)17(15,16)14-12-6-5-9(2)7-10(12)3/h5-7,11,14H,4,8,13H2,1-3H3. The molecule has 96 valence electrons. The summed E-state index contributed by atoms with van der Waals surface area (Å²) < 4.78 is 26.6. The van der Waals surface area contributed by atoms with Gasteiger partial charge in [0, 0.05) is 6.54 Å². The van der Waals surface area contributed by atoms with Crippen LogP contribution in [0.2, 0.25) is 0 Å². The van der Waals surface area contributed by atoms with Gasteiger partial charge in [-0.3, -0.25) is 4.72 Å². The van der Waals surface area contributed by atoms with E-state index in [1.807, 2.05) is 32.9 Å². The highest BCUT2D eigenvalue weighted by Gasteiger charge is 2.22. The van der Waals surface area contributed by atoms with E-state index < -0.39 is 15.3 Å². The normalized spacial score (nSPS) is 13.4. The molecule has 0 saturated heterocycles. The molecule has 0 saturated carbocycles. The van der Waals surface area contributed by atoms with E-state index in [9.17, 15) is 8.42 Å². The summed E-state index contributed by atoms with van der Waals surface area (Å²) in [7, 11) is -3.39. The van der Waals surface area contributed by atoms with Crippen molar-refractivity contribution >= 4 is 15.7 Å². The van der Waals surface area contributed by atoms with Crippen LogP contribution in [0, 0.1) is 13.8 Å². The van der Waals surface area contributed by atoms with E-state index in [2.05, 4.69) is 4.72 Å². The van der Waals surface area contributed by atoms with Crippen molar-refractivity contribution in [3.05, 3.63) is 29.3 Å². The number of hydrogen-bond acceptors (Lipinski definition) is 3. The Morgan fingerprint density at radius 2 is 2.00 bits per heavy atom. The van der Waals surface area contributed by atoms with Gasteiger partial charge < -0.3 is 5.73 Å². The molecule has 0 aliphatic rings. The maximum Gasteiger partial charge on any atom is 0.236 e. The smallest absolute Gasteiger partial charge is 0.236 e. The Morgan fingerprint density at radius 3 is 2.47 bits per heavy atom. The van der Waals surface area contributed by atoms with Crippen LogP contribution in [0.5, 0.6) is 0 Å². The molecule has 1 aromatic carbocycles. The van der Waals surface area contributed by atoms with E-state index in [0.29, 0.717) is 12.1 Å². The van der Waals surface area contributed by atoms with Gasteiger partial charge in [-0.1, -0.05) is 24.6 Å². The summed E-state index contributed by atoms with van der Waals surface area (Å²) in [4.78, 5) is 0. The fourth-order valence-corrected chi connectivity index (χ4v) is 3.07. The SMILES string of the molecule is CCC(CN)S(=O)(=O)Nc1ccc(C)cc1C. The molecule has 3 N–H and O–H groups in total. The molecular weight excluding hydrogens is 236 g/mol. The summed E-state index contributed by atoms with van der Waals surface area (Å²) in [5.41, 5.74) is 8.12. The fraction of sp³-hybridized carbons (Fsp3) is 0.500. The Balaban J connectivity index is 2.98. The summed E-state index contributed by atoms with van der Waals surface area (Å²) in [5, 5.41) is -0.539. The van der Waals surface area contributed by atoms with Crippen molar-refractivity contribution in [1.82, 2.24) is 0 Å². The quantitative estimate of drug-likeness (QED) is 0.843. The fourth-order valence-electron chi connectivity index (χ4n) is 1.68. The molecule has 0 bridgehead atoms. The van der Waals surface area contributed by atoms with Crippen molar-refractivity contribution < 1.29 is 8.42 Å². The second kappa shape index (κ2) is 5.51. The molecule has 1 unspecified atom stereocenters. The predicted molar refractivity (Wildman–Crippen MR) is 71.6 cm³/mol. The van der Waals surface area contributed by atoms with Crippen molar-refractivity contribution in [2.75, 3.05) is 11.3 Å². The monoisotopic (exact) mass is 256 g/mol. The van der Waals surface area contributed by atoms with E-state index in [1.54, 1.807) is 6.07 Å². The molecule has 0 aromatic heterocycles. The molecule has 0 heterocycles. The summed E-state index contributed by atoms with van der Waals surface area (Å²) in [6, 6.07) is 5.61. The number of hydrogen-bond donors (Lipinski definition) is 2. The number of benzene rings is 1. The Morgan fingerprint density at radius 1 is 1.35 bits per heavy atom. The lowest BCUT2D eigenvalue weighted by Gasteiger charge is -2.16. The van der Waals surface area contributed by atoms with Crippen molar-refractivity contribution in [2.45, 2.75) is 32.4 Å². The van der Waals surface area contributed by atoms with E-state index >= 15 is 0 Å². The zero-order valence-electron chi connectivity index (χ0n) is 10.5. The summed E-state index contributed by atoms with van der Waals surface area (Å²) in [5.74, 6) is 0. The van der Waals surface area contributed by atoms with Crippen LogP contribution in [0.25, 0.3) is 0 Å². The molecule has 0 radical (unpaired) electrons. The van der Waals surface area contributed by atoms with Crippen LogP contribution in [0.15, 0.2) is 18.2 Å². The van der Waals surface area contributed by atoms with Crippen LogP contribution in [0.3, 0.4) is 0 Å². The molecule has 1 atom stereocenters. The molecule has 0 fully saturated rings. The maximum atomic E-state index is 12.0. The highest BCUT2D eigenvalue weighted by molar-refractivity contribution is 7.93. The van der Waals surface area contributed by atoms with Crippen LogP contribution in [-0.4, -0.2) is 20.2 Å². The average molecular weight is 256 g/mol. The Hall–Kier alpha value is -1.07. The Bertz CT molecular complexity index is 479. The summed E-state index contributed by atoms with van der Waals surface area (Å²) >= 11 is 0. The zero-order valence-corrected chi connectivity index (χ0v) is 11.3. The minimum atomic E-state index is -3.39. The van der Waals surface area contributed by atoms with Crippen LogP contribution in [0.4, 0.5) is 5.69 Å². The van der Waals surface area contributed by atoms with Crippen LogP contribution in [-0.2, 0) is 10.0 Å². The van der Waals surface area contributed by atoms with Gasteiger partial charge in [0.15, 0.2) is 0 Å². The minimum Gasteiger partial charge on any atom is -0.329 e. The first-order valence-corrected chi connectivity index (χ1v) is 7.24. The molecule has 1 rings (SSSR count). The Labute approximate surface area is 103 Å². The summed E-state index contributed by atoms with van der Waals surface area (Å²) in [6.07, 6.45) is 0.511. The van der Waals surface area contributed by atoms with Crippen LogP contribution >= 0.6 is 0 Å². The number of nitrogens with two attached hydrogens (primary N) is 1. The van der Waals surface area contributed by atoms with Crippen molar-refractivity contribution in [2.24, 2.45) is 5.73 Å². The first-order valence-electron chi connectivity index (χ1n) is 5.69. The number of nitrogens with one attached hydrogen (secondary N) is 1. The summed E-state index contributed by atoms with van der Waals surface area (Å²) in [6.45, 7) is 5.81. The van der Waals surface area contributed by atoms with Crippen LogP contribution in [0.1, 0.15) is 24.5 Å². The minimum absolute atomic E-state index is 0.136. The zero-order chi connectivity index (χ0) is 13.1. The second-order valence-corrected chi connectivity index (χ2v) is 6.19. The molecule has 17 heavy (non-hydrogen) atoms. The van der Waals surface area contributed by atoms with Crippen molar-refractivity contribution in [3.8, 4) is 0 Å². The van der Waals surface area contributed by atoms with Gasteiger partial charge in [0.1, 0.15) is 0 Å². The van der Waals surface area contributed by atoms with Gasteiger partial charge in [0.2, 0.25) is 10.0 Å². The third-order valence-corrected chi connectivity index (χ3v) is 4.70. The van der Waals surface area contributed by atoms with Gasteiger partial charge in [0.25, 0.3) is 0 Å². The van der Waals surface area contributed by atoms with Gasteiger partial charge in [-0.05, 0) is 31.9 Å². The van der Waals surface area contributed by atoms with E-state index in [4.69, 9.17) is 5.73 Å². The predicted octanol–water partition coefficient (Wildman–Crippen LogP) is 1.78. The van der Waals surface area contributed by atoms with Gasteiger partial charge in [0.05, 0.1) is 10.9 Å². The lowest BCUT2D eigenvalue weighted by molar-refractivity contribution is 0.581. The van der Waals surface area contributed by atoms with Crippen molar-refractivity contribution in [3.63, 3.8) is 0 Å². The topological polar surface area (TPSA) is 72.2 Å². The third kappa shape index (κ3) is 3.44. The van der Waals surface area contributed by atoms with Crippen molar-refractivity contribution in [1.29, 1.82) is 0 Å². The molecule has 0 aliphatic carbocycles. The largest absolute Gasteiger partial charge is 0.329 e. The average Bonchev–Trinajstić information content (AvgIpc) is 2.23. The third-order valence-electron chi connectivity index (χ3n) is 2.79. The second-order valence-electron chi connectivity index (χ2n) is 4.23. The van der Waals surface area contributed by atoms with Gasteiger partial charge in [-0.15, -0.1) is 0 Å². The number of rotatable bonds is 5. The highest BCUT2D eigenvalue weighted by atomic mass is 32.2. The highest BCUT2D eigenvalue weighted by Crippen LogP contribution is 2.19. The number of anilines is 1. The van der Waals surface area contributed by atoms with Crippen LogP contribution < -0.4 is 10.5 Å². The van der Waals surface area contributed by atoms with E-state index in [0.717, 1.165) is 11.1 Å². The molecule has 1 aromatic rings. The molecule has 0 amide bonds. The lowest BCUT2D eigenvalue weighted by Crippen LogP contribution is -2.33. The molecule has 4 nitrogen and oxygen atoms in total. The van der Waals surface area contributed by atoms with Gasteiger partial charge in [-0.2, -0.15) is 0 Å². The van der Waals surface area contributed by atoms with E-state index in [-0.39, 0.29) is 6.54 Å². The molecule has 0 aliphatic heterocycles. The first kappa shape index (κ1) is 14.0. The number of sulfonamides is 1. The number of aryl methyl sites for hydroxylation is 2. The maximum absolute atomic E-state index is 12.0. The molecular formula is C12H20N2O2S. The molecule has 5 heteroatoms.